The Bertz CT molecular complexity index is 649. The van der Waals surface area contributed by atoms with Crippen molar-refractivity contribution in [2.45, 2.75) is 0 Å². The average Bonchev–Trinajstić information content (AvgIpc) is 2.27. The molecule has 2 aromatic rings. The maximum Gasteiger partial charge on any atom is 0.264 e. The van der Waals surface area contributed by atoms with Gasteiger partial charge in [0.15, 0.2) is 6.29 Å². The number of carbonyl (C=O) groups excluding carboxylic acids is 1. The van der Waals surface area contributed by atoms with Crippen LogP contribution >= 0.6 is 23.2 Å². The van der Waals surface area contributed by atoms with Gasteiger partial charge in [-0.05, 0) is 6.07 Å². The number of aldehydes is 1. The highest BCUT2D eigenvalue weighted by Gasteiger charge is 2.13. The van der Waals surface area contributed by atoms with Gasteiger partial charge in [-0.3, -0.25) is 14.2 Å². The Balaban J connectivity index is 3.08. The van der Waals surface area contributed by atoms with Crippen molar-refractivity contribution >= 4 is 40.5 Å². The van der Waals surface area contributed by atoms with Crippen LogP contribution in [0.5, 0.6) is 0 Å². The van der Waals surface area contributed by atoms with Gasteiger partial charge in [0.1, 0.15) is 5.65 Å². The van der Waals surface area contributed by atoms with E-state index in [4.69, 9.17) is 23.2 Å². The van der Waals surface area contributed by atoms with Crippen molar-refractivity contribution in [1.29, 1.82) is 0 Å². The number of hydrogen-bond donors (Lipinski definition) is 0. The first-order valence-electron chi connectivity index (χ1n) is 4.35. The van der Waals surface area contributed by atoms with E-state index < -0.39 is 5.56 Å². The maximum atomic E-state index is 11.7. The summed E-state index contributed by atoms with van der Waals surface area (Å²) in [5.41, 5.74) is -0.159. The molecule has 2 aromatic heterocycles. The molecule has 0 amide bonds. The van der Waals surface area contributed by atoms with Gasteiger partial charge < -0.3 is 0 Å². The van der Waals surface area contributed by atoms with Crippen LogP contribution < -0.4 is 5.56 Å². The lowest BCUT2D eigenvalue weighted by Crippen LogP contribution is -2.22. The number of hydrogen-bond acceptors (Lipinski definition) is 3. The van der Waals surface area contributed by atoms with E-state index in [2.05, 4.69) is 4.98 Å². The molecule has 82 valence electrons. The number of aryl methyl sites for hydroxylation is 1. The second-order valence-electron chi connectivity index (χ2n) is 3.23. The van der Waals surface area contributed by atoms with E-state index in [1.165, 1.54) is 17.8 Å². The predicted molar refractivity (Wildman–Crippen MR) is 62.4 cm³/mol. The summed E-state index contributed by atoms with van der Waals surface area (Å²) in [5.74, 6) is 0. The zero-order valence-corrected chi connectivity index (χ0v) is 9.71. The first-order chi connectivity index (χ1) is 7.56. The molecule has 0 radical (unpaired) electrons. The van der Waals surface area contributed by atoms with Gasteiger partial charge in [0.05, 0.1) is 15.6 Å². The molecule has 4 nitrogen and oxygen atoms in total. The van der Waals surface area contributed by atoms with Crippen molar-refractivity contribution in [1.82, 2.24) is 9.55 Å². The van der Waals surface area contributed by atoms with Crippen molar-refractivity contribution < 1.29 is 4.79 Å². The fourth-order valence-electron chi connectivity index (χ4n) is 1.48. The van der Waals surface area contributed by atoms with Crippen molar-refractivity contribution in [3.63, 3.8) is 0 Å². The van der Waals surface area contributed by atoms with Crippen LogP contribution in [0.4, 0.5) is 0 Å². The normalized spacial score (nSPS) is 10.7. The lowest BCUT2D eigenvalue weighted by molar-refractivity contribution is 0.112. The van der Waals surface area contributed by atoms with Crippen LogP contribution in [0.3, 0.4) is 0 Å². The predicted octanol–water partition coefficient (Wildman–Crippen LogP) is 2.05. The number of aromatic nitrogens is 2. The number of carbonyl (C=O) groups is 1. The number of fused-ring (bicyclic) bond motifs is 1. The molecule has 0 aliphatic rings. The third-order valence-corrected chi connectivity index (χ3v) is 2.89. The van der Waals surface area contributed by atoms with Gasteiger partial charge in [-0.1, -0.05) is 23.2 Å². The first kappa shape index (κ1) is 11.1. The minimum Gasteiger partial charge on any atom is -0.298 e. The Hall–Kier alpha value is -1.39. The molecule has 2 heterocycles. The van der Waals surface area contributed by atoms with Gasteiger partial charge in [-0.15, -0.1) is 0 Å². The Morgan fingerprint density at radius 3 is 2.75 bits per heavy atom. The van der Waals surface area contributed by atoms with Gasteiger partial charge in [0.2, 0.25) is 0 Å². The van der Waals surface area contributed by atoms with Crippen LogP contribution in [0.1, 0.15) is 10.4 Å². The van der Waals surface area contributed by atoms with Crippen LogP contribution in [0.15, 0.2) is 17.1 Å². The second-order valence-corrected chi connectivity index (χ2v) is 4.05. The summed E-state index contributed by atoms with van der Waals surface area (Å²) >= 11 is 11.7. The van der Waals surface area contributed by atoms with E-state index in [9.17, 15) is 9.59 Å². The van der Waals surface area contributed by atoms with Gasteiger partial charge >= 0.3 is 0 Å². The largest absolute Gasteiger partial charge is 0.298 e. The summed E-state index contributed by atoms with van der Waals surface area (Å²) in [4.78, 5) is 26.5. The van der Waals surface area contributed by atoms with Crippen LogP contribution in [0.25, 0.3) is 11.0 Å². The molecule has 16 heavy (non-hydrogen) atoms. The van der Waals surface area contributed by atoms with Crippen LogP contribution in [0.2, 0.25) is 10.0 Å². The van der Waals surface area contributed by atoms with Gasteiger partial charge in [0, 0.05) is 18.6 Å². The fourth-order valence-corrected chi connectivity index (χ4v) is 1.90. The number of rotatable bonds is 1. The third-order valence-electron chi connectivity index (χ3n) is 2.28. The topological polar surface area (TPSA) is 52.0 Å². The molecule has 0 saturated carbocycles. The van der Waals surface area contributed by atoms with Crippen LogP contribution in [-0.4, -0.2) is 15.8 Å². The zero-order valence-electron chi connectivity index (χ0n) is 8.20. The highest BCUT2D eigenvalue weighted by molar-refractivity contribution is 6.38. The fraction of sp³-hybridized carbons (Fsp3) is 0.100. The van der Waals surface area contributed by atoms with Gasteiger partial charge in [-0.25, -0.2) is 4.98 Å². The Labute approximate surface area is 100 Å². The molecular formula is C10H6Cl2N2O2. The molecule has 0 atom stereocenters. The summed E-state index contributed by atoms with van der Waals surface area (Å²) in [5, 5.41) is 0.964. The molecule has 0 saturated heterocycles. The summed E-state index contributed by atoms with van der Waals surface area (Å²) < 4.78 is 1.27. The maximum absolute atomic E-state index is 11.7. The van der Waals surface area contributed by atoms with Crippen molar-refractivity contribution in [3.05, 3.63) is 38.2 Å². The SMILES string of the molecule is Cn1c(=O)c(C=O)c(Cl)c2cc(Cl)cnc21. The first-order valence-corrected chi connectivity index (χ1v) is 5.10. The molecule has 0 aliphatic carbocycles. The Morgan fingerprint density at radius 1 is 1.44 bits per heavy atom. The van der Waals surface area contributed by atoms with Gasteiger partial charge in [-0.2, -0.15) is 0 Å². The molecule has 0 unspecified atom stereocenters. The van der Waals surface area contributed by atoms with Crippen molar-refractivity contribution in [2.75, 3.05) is 0 Å². The van der Waals surface area contributed by atoms with Gasteiger partial charge in [0.25, 0.3) is 5.56 Å². The standard InChI is InChI=1S/C10H6Cl2N2O2/c1-14-9-6(2-5(11)3-13-9)8(12)7(4-15)10(14)16/h2-4H,1H3. The molecule has 6 heteroatoms. The highest BCUT2D eigenvalue weighted by Crippen LogP contribution is 2.24. The van der Waals surface area contributed by atoms with Crippen LogP contribution in [0, 0.1) is 0 Å². The quantitative estimate of drug-likeness (QED) is 0.734. The van der Waals surface area contributed by atoms with E-state index in [0.717, 1.165) is 0 Å². The average molecular weight is 257 g/mol. The lowest BCUT2D eigenvalue weighted by atomic mass is 10.2. The minimum atomic E-state index is -0.470. The van der Waals surface area contributed by atoms with E-state index in [1.807, 2.05) is 0 Å². The molecule has 0 fully saturated rings. The molecule has 0 aromatic carbocycles. The van der Waals surface area contributed by atoms with E-state index in [0.29, 0.717) is 22.3 Å². The molecular weight excluding hydrogens is 251 g/mol. The van der Waals surface area contributed by atoms with E-state index in [-0.39, 0.29) is 10.6 Å². The second kappa shape index (κ2) is 3.88. The molecule has 2 rings (SSSR count). The van der Waals surface area contributed by atoms with Crippen molar-refractivity contribution in [2.24, 2.45) is 7.05 Å². The van der Waals surface area contributed by atoms with E-state index >= 15 is 0 Å². The number of nitrogens with zero attached hydrogens (tertiary/aromatic N) is 2. The minimum absolute atomic E-state index is 0.0827. The lowest BCUT2D eigenvalue weighted by Gasteiger charge is -2.07. The number of halogens is 2. The Kier molecular flexibility index (Phi) is 2.69. The number of pyridine rings is 2. The smallest absolute Gasteiger partial charge is 0.264 e. The molecule has 0 N–H and O–H groups in total. The van der Waals surface area contributed by atoms with Crippen LogP contribution in [-0.2, 0) is 7.05 Å². The summed E-state index contributed by atoms with van der Waals surface area (Å²) in [7, 11) is 1.52. The summed E-state index contributed by atoms with van der Waals surface area (Å²) in [6.45, 7) is 0. The molecule has 0 bridgehead atoms. The third kappa shape index (κ3) is 1.50. The Morgan fingerprint density at radius 2 is 2.12 bits per heavy atom. The van der Waals surface area contributed by atoms with Crippen molar-refractivity contribution in [3.8, 4) is 0 Å². The molecule has 0 spiro atoms. The summed E-state index contributed by atoms with van der Waals surface area (Å²) in [6, 6.07) is 1.57. The highest BCUT2D eigenvalue weighted by atomic mass is 35.5. The zero-order chi connectivity index (χ0) is 11.9. The monoisotopic (exact) mass is 256 g/mol. The summed E-state index contributed by atoms with van der Waals surface area (Å²) in [6.07, 6.45) is 1.85. The molecule has 0 aliphatic heterocycles. The van der Waals surface area contributed by atoms with E-state index in [1.54, 1.807) is 6.07 Å².